The van der Waals surface area contributed by atoms with Crippen LogP contribution in [-0.4, -0.2) is 46.2 Å². The van der Waals surface area contributed by atoms with E-state index in [4.69, 9.17) is 0 Å². The second kappa shape index (κ2) is 6.50. The largest absolute Gasteiger partial charge is 0.508 e. The highest BCUT2D eigenvalue weighted by Crippen LogP contribution is 2.24. The minimum absolute atomic E-state index is 0.133. The standard InChI is InChI=1S/C15H17BrN4O2/c16-12-1-2-13(21)11(7-12)9-19-3-5-20(6-4-19)14-8-15(22)18-10-17-14/h1-2,7-8,10,21H,3-6,9H2,(H,17,18,22). The number of hydrogen-bond donors (Lipinski definition) is 2. The summed E-state index contributed by atoms with van der Waals surface area (Å²) in [7, 11) is 0. The van der Waals surface area contributed by atoms with Crippen LogP contribution in [0.4, 0.5) is 5.82 Å². The molecule has 1 saturated heterocycles. The van der Waals surface area contributed by atoms with Crippen LogP contribution in [0.2, 0.25) is 0 Å². The summed E-state index contributed by atoms with van der Waals surface area (Å²) in [6.45, 7) is 4.05. The number of benzene rings is 1. The van der Waals surface area contributed by atoms with E-state index in [0.29, 0.717) is 18.1 Å². The molecule has 1 aromatic heterocycles. The second-order valence-corrected chi connectivity index (χ2v) is 6.22. The van der Waals surface area contributed by atoms with Crippen molar-refractivity contribution in [3.63, 3.8) is 0 Å². The maximum atomic E-state index is 11.3. The molecule has 0 amide bonds. The summed E-state index contributed by atoms with van der Waals surface area (Å²) in [5.74, 6) is 1.04. The van der Waals surface area contributed by atoms with Crippen molar-refractivity contribution in [1.82, 2.24) is 14.9 Å². The van der Waals surface area contributed by atoms with Crippen LogP contribution in [-0.2, 0) is 6.54 Å². The van der Waals surface area contributed by atoms with Crippen LogP contribution < -0.4 is 10.5 Å². The van der Waals surface area contributed by atoms with E-state index in [1.807, 2.05) is 12.1 Å². The van der Waals surface area contributed by atoms with Crippen LogP contribution >= 0.6 is 15.9 Å². The molecule has 7 heteroatoms. The van der Waals surface area contributed by atoms with Gasteiger partial charge < -0.3 is 15.0 Å². The molecule has 116 valence electrons. The molecule has 0 unspecified atom stereocenters. The van der Waals surface area contributed by atoms with Gasteiger partial charge in [-0.1, -0.05) is 15.9 Å². The first-order valence-electron chi connectivity index (χ1n) is 7.11. The highest BCUT2D eigenvalue weighted by atomic mass is 79.9. The Bertz CT molecular complexity index is 711. The average Bonchev–Trinajstić information content (AvgIpc) is 2.52. The normalized spacial score (nSPS) is 16.0. The predicted octanol–water partition coefficient (Wildman–Crippen LogP) is 1.56. The number of piperazine rings is 1. The van der Waals surface area contributed by atoms with E-state index >= 15 is 0 Å². The summed E-state index contributed by atoms with van der Waals surface area (Å²) in [4.78, 5) is 22.5. The fourth-order valence-electron chi connectivity index (χ4n) is 2.59. The van der Waals surface area contributed by atoms with Crippen LogP contribution in [0.15, 0.2) is 39.9 Å². The Morgan fingerprint density at radius 3 is 2.73 bits per heavy atom. The average molecular weight is 365 g/mol. The van der Waals surface area contributed by atoms with E-state index in [0.717, 1.165) is 36.2 Å². The molecule has 2 heterocycles. The lowest BCUT2D eigenvalue weighted by atomic mass is 10.1. The topological polar surface area (TPSA) is 72.5 Å². The predicted molar refractivity (Wildman–Crippen MR) is 88.2 cm³/mol. The molecule has 1 aliphatic rings. The van der Waals surface area contributed by atoms with Gasteiger partial charge >= 0.3 is 0 Å². The highest BCUT2D eigenvalue weighted by Gasteiger charge is 2.19. The first-order valence-corrected chi connectivity index (χ1v) is 7.90. The van der Waals surface area contributed by atoms with Gasteiger partial charge in [0.15, 0.2) is 0 Å². The van der Waals surface area contributed by atoms with Crippen LogP contribution in [0.5, 0.6) is 5.75 Å². The molecular formula is C15H17BrN4O2. The molecule has 1 aromatic carbocycles. The minimum Gasteiger partial charge on any atom is -0.508 e. The summed E-state index contributed by atoms with van der Waals surface area (Å²) < 4.78 is 0.964. The molecule has 2 N–H and O–H groups in total. The van der Waals surface area contributed by atoms with Crippen LogP contribution in [0.25, 0.3) is 0 Å². The zero-order chi connectivity index (χ0) is 15.5. The summed E-state index contributed by atoms with van der Waals surface area (Å²) in [6, 6.07) is 7.00. The van der Waals surface area contributed by atoms with Crippen molar-refractivity contribution >= 4 is 21.7 Å². The van der Waals surface area contributed by atoms with Gasteiger partial charge in [0.1, 0.15) is 11.6 Å². The number of halogens is 1. The van der Waals surface area contributed by atoms with Gasteiger partial charge in [-0.05, 0) is 18.2 Å². The molecule has 1 fully saturated rings. The van der Waals surface area contributed by atoms with Crippen LogP contribution in [0, 0.1) is 0 Å². The second-order valence-electron chi connectivity index (χ2n) is 5.31. The number of rotatable bonds is 3. The molecule has 2 aromatic rings. The first-order chi connectivity index (χ1) is 10.6. The SMILES string of the molecule is O=c1cc(N2CCN(Cc3cc(Br)ccc3O)CC2)nc[nH]1. The number of H-pyrrole nitrogens is 1. The van der Waals surface area contributed by atoms with Gasteiger partial charge in [-0.25, -0.2) is 4.98 Å². The van der Waals surface area contributed by atoms with E-state index in [9.17, 15) is 9.90 Å². The number of nitrogens with one attached hydrogen (secondary N) is 1. The Labute approximate surface area is 136 Å². The molecule has 0 radical (unpaired) electrons. The monoisotopic (exact) mass is 364 g/mol. The lowest BCUT2D eigenvalue weighted by molar-refractivity contribution is 0.246. The highest BCUT2D eigenvalue weighted by molar-refractivity contribution is 9.10. The van der Waals surface area contributed by atoms with Crippen molar-refractivity contribution in [2.45, 2.75) is 6.54 Å². The Kier molecular flexibility index (Phi) is 4.44. The Morgan fingerprint density at radius 2 is 2.00 bits per heavy atom. The van der Waals surface area contributed by atoms with Crippen molar-refractivity contribution in [1.29, 1.82) is 0 Å². The molecule has 0 atom stereocenters. The van der Waals surface area contributed by atoms with Crippen molar-refractivity contribution in [2.24, 2.45) is 0 Å². The smallest absolute Gasteiger partial charge is 0.252 e. The van der Waals surface area contributed by atoms with Crippen molar-refractivity contribution < 1.29 is 5.11 Å². The van der Waals surface area contributed by atoms with E-state index in [-0.39, 0.29) is 5.56 Å². The van der Waals surface area contributed by atoms with Gasteiger partial charge in [-0.2, -0.15) is 0 Å². The van der Waals surface area contributed by atoms with Crippen molar-refractivity contribution in [2.75, 3.05) is 31.1 Å². The maximum absolute atomic E-state index is 11.3. The van der Waals surface area contributed by atoms with Crippen LogP contribution in [0.1, 0.15) is 5.56 Å². The number of aromatic nitrogens is 2. The zero-order valence-electron chi connectivity index (χ0n) is 12.0. The minimum atomic E-state index is -0.133. The molecule has 0 spiro atoms. The van der Waals surface area contributed by atoms with Gasteiger partial charge in [0.25, 0.3) is 5.56 Å². The van der Waals surface area contributed by atoms with E-state index < -0.39 is 0 Å². The molecule has 6 nitrogen and oxygen atoms in total. The molecule has 22 heavy (non-hydrogen) atoms. The summed E-state index contributed by atoms with van der Waals surface area (Å²) >= 11 is 3.43. The zero-order valence-corrected chi connectivity index (χ0v) is 13.6. The summed E-state index contributed by atoms with van der Waals surface area (Å²) in [5, 5.41) is 9.92. The van der Waals surface area contributed by atoms with Crippen molar-refractivity contribution in [3.8, 4) is 5.75 Å². The molecular weight excluding hydrogens is 348 g/mol. The Hall–Kier alpha value is -1.86. The summed E-state index contributed by atoms with van der Waals surface area (Å²) in [5.41, 5.74) is 0.781. The molecule has 0 saturated carbocycles. The number of aromatic amines is 1. The molecule has 0 aliphatic carbocycles. The molecule has 0 bridgehead atoms. The summed E-state index contributed by atoms with van der Waals surface area (Å²) in [6.07, 6.45) is 1.43. The third-order valence-electron chi connectivity index (χ3n) is 3.80. The first kappa shape index (κ1) is 15.1. The number of phenolic OH excluding ortho intramolecular Hbond substituents is 1. The van der Waals surface area contributed by atoms with E-state index in [1.165, 1.54) is 12.4 Å². The number of anilines is 1. The van der Waals surface area contributed by atoms with Crippen molar-refractivity contribution in [3.05, 3.63) is 51.0 Å². The van der Waals surface area contributed by atoms with E-state index in [1.54, 1.807) is 6.07 Å². The Morgan fingerprint density at radius 1 is 1.23 bits per heavy atom. The van der Waals surface area contributed by atoms with Gasteiger partial charge in [-0.3, -0.25) is 9.69 Å². The lowest BCUT2D eigenvalue weighted by Gasteiger charge is -2.35. The number of phenols is 1. The van der Waals surface area contributed by atoms with Gasteiger partial charge in [-0.15, -0.1) is 0 Å². The molecule has 3 rings (SSSR count). The molecule has 1 aliphatic heterocycles. The van der Waals surface area contributed by atoms with Gasteiger partial charge in [0, 0.05) is 48.8 Å². The van der Waals surface area contributed by atoms with Crippen LogP contribution in [0.3, 0.4) is 0 Å². The quantitative estimate of drug-likeness (QED) is 0.864. The third-order valence-corrected chi connectivity index (χ3v) is 4.29. The lowest BCUT2D eigenvalue weighted by Crippen LogP contribution is -2.46. The number of hydrogen-bond acceptors (Lipinski definition) is 5. The van der Waals surface area contributed by atoms with Gasteiger partial charge in [0.2, 0.25) is 0 Å². The fourth-order valence-corrected chi connectivity index (χ4v) is 3.00. The van der Waals surface area contributed by atoms with Gasteiger partial charge in [0.05, 0.1) is 6.33 Å². The Balaban J connectivity index is 1.62. The fraction of sp³-hybridized carbons (Fsp3) is 0.333. The van der Waals surface area contributed by atoms with E-state index in [2.05, 4.69) is 35.7 Å². The third kappa shape index (κ3) is 3.48. The number of nitrogens with zero attached hydrogens (tertiary/aromatic N) is 3. The maximum Gasteiger partial charge on any atom is 0.252 e. The number of aromatic hydroxyl groups is 1.